The first-order chi connectivity index (χ1) is 14.9. The van der Waals surface area contributed by atoms with Crippen molar-refractivity contribution in [2.75, 3.05) is 28.3 Å². The van der Waals surface area contributed by atoms with Gasteiger partial charge >= 0.3 is 12.1 Å². The molecule has 0 aliphatic rings. The van der Waals surface area contributed by atoms with Crippen LogP contribution in [0.5, 0.6) is 0 Å². The number of aliphatic carboxylic acids is 2. The van der Waals surface area contributed by atoms with E-state index in [4.69, 9.17) is 19.7 Å². The second-order valence-corrected chi connectivity index (χ2v) is 7.85. The first-order valence-electron chi connectivity index (χ1n) is 10.2. The summed E-state index contributed by atoms with van der Waals surface area (Å²) in [7, 11) is 6.66. The SMILES string of the molecule is CC[C@H](C)C(C(CC(=O)O)OC)N(C)C(=O)C(C)NC(=O)C(C)N(C)C.O=C([O-])C(F)(F)F. The fourth-order valence-electron chi connectivity index (χ4n) is 2.84. The highest BCUT2D eigenvalue weighted by molar-refractivity contribution is 5.89. The summed E-state index contributed by atoms with van der Waals surface area (Å²) in [4.78, 5) is 48.2. The summed E-state index contributed by atoms with van der Waals surface area (Å²) in [6.45, 7) is 7.32. The minimum atomic E-state index is -5.19. The maximum Gasteiger partial charge on any atom is 0.430 e. The summed E-state index contributed by atoms with van der Waals surface area (Å²) in [5.74, 6) is -4.46. The van der Waals surface area contributed by atoms with E-state index in [9.17, 15) is 27.6 Å². The summed E-state index contributed by atoms with van der Waals surface area (Å²) >= 11 is 0. The molecule has 0 heterocycles. The Labute approximate surface area is 192 Å². The number of carboxylic acid groups (broad SMARTS) is 2. The van der Waals surface area contributed by atoms with Gasteiger partial charge in [-0.3, -0.25) is 19.3 Å². The number of nitrogens with zero attached hydrogens (tertiary/aromatic N) is 2. The van der Waals surface area contributed by atoms with Gasteiger partial charge in [0.25, 0.3) is 0 Å². The molecule has 0 saturated carbocycles. The van der Waals surface area contributed by atoms with Gasteiger partial charge in [-0.25, -0.2) is 0 Å². The van der Waals surface area contributed by atoms with Crippen molar-refractivity contribution in [1.82, 2.24) is 15.1 Å². The zero-order valence-corrected chi connectivity index (χ0v) is 20.2. The number of ether oxygens (including phenoxy) is 1. The van der Waals surface area contributed by atoms with Crippen molar-refractivity contribution in [3.63, 3.8) is 0 Å². The van der Waals surface area contributed by atoms with Crippen LogP contribution in [0.1, 0.15) is 40.5 Å². The molecule has 33 heavy (non-hydrogen) atoms. The standard InChI is InChI=1S/C18H35N3O5.C2HF3O2/c1-9-11(2)16(14(26-8)10-15(22)23)21(7)18(25)12(3)19-17(24)13(4)20(5)6;3-2(4,5)1(6)7/h11-14,16H,9-10H2,1-8H3,(H,19,24)(H,22,23);(H,6,7)/p-1/t11-,12?,13?,14?,16?;/m0./s1. The number of nitrogens with one attached hydrogen (secondary N) is 1. The number of carbonyl (C=O) groups excluding carboxylic acids is 3. The van der Waals surface area contributed by atoms with E-state index >= 15 is 0 Å². The minimum absolute atomic E-state index is 0.0388. The first kappa shape index (κ1) is 32.8. The molecular formula is C20H35F3N3O7-. The second-order valence-electron chi connectivity index (χ2n) is 7.85. The predicted molar refractivity (Wildman–Crippen MR) is 111 cm³/mol. The zero-order chi connectivity index (χ0) is 26.7. The van der Waals surface area contributed by atoms with Gasteiger partial charge in [0.2, 0.25) is 11.8 Å². The number of hydrogen-bond acceptors (Lipinski definition) is 7. The number of rotatable bonds is 11. The van der Waals surface area contributed by atoms with Crippen LogP contribution in [0.25, 0.3) is 0 Å². The molecule has 4 unspecified atom stereocenters. The van der Waals surface area contributed by atoms with Crippen LogP contribution >= 0.6 is 0 Å². The first-order valence-corrected chi connectivity index (χ1v) is 10.2. The van der Waals surface area contributed by atoms with Crippen LogP contribution in [-0.4, -0.2) is 97.3 Å². The van der Waals surface area contributed by atoms with Crippen molar-refractivity contribution in [1.29, 1.82) is 0 Å². The molecule has 0 saturated heterocycles. The monoisotopic (exact) mass is 486 g/mol. The van der Waals surface area contributed by atoms with E-state index in [2.05, 4.69) is 5.32 Å². The lowest BCUT2D eigenvalue weighted by atomic mass is 9.91. The largest absolute Gasteiger partial charge is 0.542 e. The second kappa shape index (κ2) is 14.7. The molecule has 2 N–H and O–H groups in total. The molecule has 13 heteroatoms. The topological polar surface area (TPSA) is 139 Å². The number of methoxy groups -OCH3 is 1. The van der Waals surface area contributed by atoms with Gasteiger partial charge in [0.05, 0.1) is 24.6 Å². The molecule has 0 rings (SSSR count). The zero-order valence-electron chi connectivity index (χ0n) is 20.2. The van der Waals surface area contributed by atoms with Crippen molar-refractivity contribution in [2.45, 2.75) is 70.9 Å². The van der Waals surface area contributed by atoms with Gasteiger partial charge in [0.15, 0.2) is 0 Å². The van der Waals surface area contributed by atoms with Crippen molar-refractivity contribution in [3.05, 3.63) is 0 Å². The molecule has 0 spiro atoms. The normalized spacial score (nSPS) is 15.9. The van der Waals surface area contributed by atoms with Gasteiger partial charge < -0.3 is 30.0 Å². The minimum Gasteiger partial charge on any atom is -0.542 e. The number of likely N-dealkylation sites (N-methyl/N-ethyl adjacent to an activating group) is 2. The number of hydrogen-bond donors (Lipinski definition) is 2. The Balaban J connectivity index is 0. The molecule has 0 aliphatic carbocycles. The molecule has 0 aromatic rings. The molecule has 5 atom stereocenters. The lowest BCUT2D eigenvalue weighted by Crippen LogP contribution is -2.56. The Morgan fingerprint density at radius 3 is 1.85 bits per heavy atom. The van der Waals surface area contributed by atoms with E-state index in [1.165, 1.54) is 12.0 Å². The molecule has 0 radical (unpaired) electrons. The fraction of sp³-hybridized carbons (Fsp3) is 0.800. The van der Waals surface area contributed by atoms with Gasteiger partial charge in [-0.05, 0) is 33.9 Å². The number of halogens is 3. The van der Waals surface area contributed by atoms with Crippen LogP contribution in [-0.2, 0) is 23.9 Å². The number of amides is 2. The fourth-order valence-corrected chi connectivity index (χ4v) is 2.84. The third-order valence-electron chi connectivity index (χ3n) is 5.20. The number of carbonyl (C=O) groups is 4. The maximum atomic E-state index is 12.8. The maximum absolute atomic E-state index is 12.8. The van der Waals surface area contributed by atoms with Crippen LogP contribution in [0.15, 0.2) is 0 Å². The van der Waals surface area contributed by atoms with Gasteiger partial charge in [-0.15, -0.1) is 0 Å². The highest BCUT2D eigenvalue weighted by atomic mass is 19.4. The quantitative estimate of drug-likeness (QED) is 0.419. The third kappa shape index (κ3) is 11.9. The summed E-state index contributed by atoms with van der Waals surface area (Å²) in [6.07, 6.45) is -5.25. The average molecular weight is 487 g/mol. The number of alkyl halides is 3. The summed E-state index contributed by atoms with van der Waals surface area (Å²) in [6, 6.07) is -1.48. The molecule has 0 fully saturated rings. The van der Waals surface area contributed by atoms with E-state index in [1.807, 2.05) is 13.8 Å². The number of carboxylic acids is 2. The van der Waals surface area contributed by atoms with Crippen LogP contribution < -0.4 is 10.4 Å². The van der Waals surface area contributed by atoms with E-state index in [1.54, 1.807) is 39.9 Å². The Hall–Kier alpha value is -2.41. The van der Waals surface area contributed by atoms with Crippen LogP contribution in [0.3, 0.4) is 0 Å². The predicted octanol–water partition coefficient (Wildman–Crippen LogP) is 0.103. The summed E-state index contributed by atoms with van der Waals surface area (Å²) in [5, 5.41) is 20.6. The van der Waals surface area contributed by atoms with Crippen molar-refractivity contribution in [3.8, 4) is 0 Å². The van der Waals surface area contributed by atoms with Gasteiger partial charge in [-0.2, -0.15) is 13.2 Å². The average Bonchev–Trinajstić information content (AvgIpc) is 2.70. The van der Waals surface area contributed by atoms with E-state index in [0.29, 0.717) is 0 Å². The lowest BCUT2D eigenvalue weighted by molar-refractivity contribution is -0.344. The van der Waals surface area contributed by atoms with Crippen molar-refractivity contribution in [2.24, 2.45) is 5.92 Å². The molecule has 0 aliphatic heterocycles. The summed E-state index contributed by atoms with van der Waals surface area (Å²) < 4.78 is 36.9. The Bertz CT molecular complexity index is 659. The van der Waals surface area contributed by atoms with Gasteiger partial charge in [-0.1, -0.05) is 20.3 Å². The Morgan fingerprint density at radius 1 is 1.09 bits per heavy atom. The smallest absolute Gasteiger partial charge is 0.430 e. The Kier molecular flexibility index (Phi) is 14.6. The lowest BCUT2D eigenvalue weighted by Gasteiger charge is -2.38. The van der Waals surface area contributed by atoms with E-state index in [0.717, 1.165) is 6.42 Å². The van der Waals surface area contributed by atoms with E-state index < -0.39 is 36.3 Å². The highest BCUT2D eigenvalue weighted by Gasteiger charge is 2.35. The Morgan fingerprint density at radius 2 is 1.55 bits per heavy atom. The molecule has 0 bridgehead atoms. The molecular weight excluding hydrogens is 451 g/mol. The highest BCUT2D eigenvalue weighted by Crippen LogP contribution is 2.22. The molecule has 10 nitrogen and oxygen atoms in total. The third-order valence-corrected chi connectivity index (χ3v) is 5.20. The molecule has 0 aromatic heterocycles. The van der Waals surface area contributed by atoms with Crippen LogP contribution in [0.2, 0.25) is 0 Å². The summed E-state index contributed by atoms with van der Waals surface area (Å²) in [5.41, 5.74) is 0. The molecule has 2 amide bonds. The van der Waals surface area contributed by atoms with Crippen molar-refractivity contribution < 1.29 is 47.3 Å². The molecule has 194 valence electrons. The van der Waals surface area contributed by atoms with Gasteiger partial charge in [0.1, 0.15) is 12.0 Å². The van der Waals surface area contributed by atoms with Crippen molar-refractivity contribution >= 4 is 23.8 Å². The van der Waals surface area contributed by atoms with Crippen LogP contribution in [0.4, 0.5) is 13.2 Å². The molecule has 0 aromatic carbocycles. The van der Waals surface area contributed by atoms with Gasteiger partial charge in [0, 0.05) is 14.2 Å². The van der Waals surface area contributed by atoms with E-state index in [-0.39, 0.29) is 30.2 Å². The van der Waals surface area contributed by atoms with Crippen LogP contribution in [0, 0.1) is 5.92 Å².